The summed E-state index contributed by atoms with van der Waals surface area (Å²) in [6.07, 6.45) is 1.01. The minimum atomic E-state index is -0.0504. The molecular formula is C14H17N3O2. The van der Waals surface area contributed by atoms with Gasteiger partial charge in [0.15, 0.2) is 0 Å². The zero-order valence-corrected chi connectivity index (χ0v) is 11.1. The predicted octanol–water partition coefficient (Wildman–Crippen LogP) is 2.44. The average Bonchev–Trinajstić information content (AvgIpc) is 2.67. The number of carbonyl (C=O) groups is 1. The molecule has 0 saturated carbocycles. The van der Waals surface area contributed by atoms with Crippen molar-refractivity contribution in [2.24, 2.45) is 0 Å². The third-order valence-electron chi connectivity index (χ3n) is 2.95. The van der Waals surface area contributed by atoms with Crippen molar-refractivity contribution in [3.8, 4) is 0 Å². The van der Waals surface area contributed by atoms with Crippen LogP contribution in [0.4, 0.5) is 11.4 Å². The number of nitrogens with two attached hydrogens (primary N) is 1. The molecule has 0 atom stereocenters. The SMILES string of the molecule is Cc1noc(C)c1CCC(=O)Nc1cccc(N)c1. The molecule has 1 amide bonds. The topological polar surface area (TPSA) is 81.2 Å². The van der Waals surface area contributed by atoms with E-state index >= 15 is 0 Å². The Bertz CT molecular complexity index is 571. The summed E-state index contributed by atoms with van der Waals surface area (Å²) in [6.45, 7) is 3.73. The Morgan fingerprint density at radius 3 is 2.84 bits per heavy atom. The van der Waals surface area contributed by atoms with Crippen LogP contribution in [0.25, 0.3) is 0 Å². The van der Waals surface area contributed by atoms with Crippen molar-refractivity contribution >= 4 is 17.3 Å². The number of nitrogens with zero attached hydrogens (tertiary/aromatic N) is 1. The highest BCUT2D eigenvalue weighted by Crippen LogP contribution is 2.16. The largest absolute Gasteiger partial charge is 0.399 e. The number of rotatable bonds is 4. The molecule has 2 rings (SSSR count). The van der Waals surface area contributed by atoms with Crippen LogP contribution in [0.2, 0.25) is 0 Å². The highest BCUT2D eigenvalue weighted by Gasteiger charge is 2.11. The third-order valence-corrected chi connectivity index (χ3v) is 2.95. The van der Waals surface area contributed by atoms with E-state index in [4.69, 9.17) is 10.3 Å². The van der Waals surface area contributed by atoms with Gasteiger partial charge in [0, 0.05) is 23.4 Å². The van der Waals surface area contributed by atoms with Crippen LogP contribution in [-0.2, 0) is 11.2 Å². The van der Waals surface area contributed by atoms with Gasteiger partial charge in [-0.05, 0) is 38.5 Å². The fourth-order valence-electron chi connectivity index (χ4n) is 1.94. The van der Waals surface area contributed by atoms with Crippen LogP contribution in [0.1, 0.15) is 23.4 Å². The molecule has 0 aliphatic rings. The van der Waals surface area contributed by atoms with Crippen LogP contribution >= 0.6 is 0 Å². The standard InChI is InChI=1S/C14H17N3O2/c1-9-13(10(2)19-17-9)6-7-14(18)16-12-5-3-4-11(15)8-12/h3-5,8H,6-7,15H2,1-2H3,(H,16,18). The number of benzene rings is 1. The van der Waals surface area contributed by atoms with Gasteiger partial charge >= 0.3 is 0 Å². The summed E-state index contributed by atoms with van der Waals surface area (Å²) in [5.74, 6) is 0.722. The van der Waals surface area contributed by atoms with Gasteiger partial charge in [-0.3, -0.25) is 4.79 Å². The van der Waals surface area contributed by atoms with Gasteiger partial charge in [0.25, 0.3) is 0 Å². The number of amides is 1. The van der Waals surface area contributed by atoms with E-state index in [9.17, 15) is 4.79 Å². The van der Waals surface area contributed by atoms with E-state index in [1.54, 1.807) is 18.2 Å². The van der Waals surface area contributed by atoms with Crippen LogP contribution < -0.4 is 11.1 Å². The van der Waals surface area contributed by atoms with Crippen molar-refractivity contribution in [2.45, 2.75) is 26.7 Å². The lowest BCUT2D eigenvalue weighted by molar-refractivity contribution is -0.116. The first-order valence-electron chi connectivity index (χ1n) is 6.13. The summed E-state index contributed by atoms with van der Waals surface area (Å²) in [6, 6.07) is 7.12. The maximum atomic E-state index is 11.8. The second-order valence-corrected chi connectivity index (χ2v) is 4.48. The molecule has 5 heteroatoms. The van der Waals surface area contributed by atoms with Gasteiger partial charge in [0.2, 0.25) is 5.91 Å². The lowest BCUT2D eigenvalue weighted by atomic mass is 10.1. The summed E-state index contributed by atoms with van der Waals surface area (Å²) >= 11 is 0. The molecule has 1 heterocycles. The smallest absolute Gasteiger partial charge is 0.224 e. The van der Waals surface area contributed by atoms with E-state index in [1.807, 2.05) is 19.9 Å². The molecule has 5 nitrogen and oxygen atoms in total. The summed E-state index contributed by atoms with van der Waals surface area (Å²) < 4.78 is 5.06. The zero-order chi connectivity index (χ0) is 13.8. The Hall–Kier alpha value is -2.30. The van der Waals surface area contributed by atoms with Crippen LogP contribution in [0, 0.1) is 13.8 Å². The first-order valence-corrected chi connectivity index (χ1v) is 6.13. The Morgan fingerprint density at radius 2 is 2.21 bits per heavy atom. The van der Waals surface area contributed by atoms with Crippen molar-refractivity contribution in [1.82, 2.24) is 5.16 Å². The van der Waals surface area contributed by atoms with Gasteiger partial charge in [-0.1, -0.05) is 11.2 Å². The first kappa shape index (κ1) is 13.1. The minimum Gasteiger partial charge on any atom is -0.399 e. The molecule has 19 heavy (non-hydrogen) atoms. The number of aryl methyl sites for hydroxylation is 2. The van der Waals surface area contributed by atoms with E-state index in [0.29, 0.717) is 24.2 Å². The molecule has 0 saturated heterocycles. The fourth-order valence-corrected chi connectivity index (χ4v) is 1.94. The summed E-state index contributed by atoms with van der Waals surface area (Å²) in [5, 5.41) is 6.68. The second kappa shape index (κ2) is 5.56. The lowest BCUT2D eigenvalue weighted by Crippen LogP contribution is -2.12. The molecule has 1 aromatic carbocycles. The first-order chi connectivity index (χ1) is 9.06. The Balaban J connectivity index is 1.92. The van der Waals surface area contributed by atoms with Crippen LogP contribution in [0.15, 0.2) is 28.8 Å². The summed E-state index contributed by atoms with van der Waals surface area (Å²) in [7, 11) is 0. The van der Waals surface area contributed by atoms with Crippen molar-refractivity contribution in [3.05, 3.63) is 41.3 Å². The van der Waals surface area contributed by atoms with Crippen molar-refractivity contribution in [3.63, 3.8) is 0 Å². The summed E-state index contributed by atoms with van der Waals surface area (Å²) in [4.78, 5) is 11.8. The highest BCUT2D eigenvalue weighted by atomic mass is 16.5. The van der Waals surface area contributed by atoms with Crippen molar-refractivity contribution in [1.29, 1.82) is 0 Å². The normalized spacial score (nSPS) is 10.4. The van der Waals surface area contributed by atoms with Crippen LogP contribution in [0.3, 0.4) is 0 Å². The van der Waals surface area contributed by atoms with E-state index in [1.165, 1.54) is 0 Å². The van der Waals surface area contributed by atoms with Gasteiger partial charge in [-0.2, -0.15) is 0 Å². The number of hydrogen-bond acceptors (Lipinski definition) is 4. The predicted molar refractivity (Wildman–Crippen MR) is 73.8 cm³/mol. The minimum absolute atomic E-state index is 0.0504. The molecule has 0 fully saturated rings. The number of hydrogen-bond donors (Lipinski definition) is 2. The Labute approximate surface area is 111 Å². The second-order valence-electron chi connectivity index (χ2n) is 4.48. The van der Waals surface area contributed by atoms with Gasteiger partial charge in [0.1, 0.15) is 5.76 Å². The van der Waals surface area contributed by atoms with Gasteiger partial charge in [0.05, 0.1) is 5.69 Å². The molecule has 0 radical (unpaired) electrons. The Kier molecular flexibility index (Phi) is 3.85. The van der Waals surface area contributed by atoms with Crippen LogP contribution in [0.5, 0.6) is 0 Å². The Morgan fingerprint density at radius 1 is 1.42 bits per heavy atom. The van der Waals surface area contributed by atoms with Gasteiger partial charge in [-0.15, -0.1) is 0 Å². The van der Waals surface area contributed by atoms with Gasteiger partial charge < -0.3 is 15.6 Å². The van der Waals surface area contributed by atoms with E-state index in [0.717, 1.165) is 17.0 Å². The number of nitrogens with one attached hydrogen (secondary N) is 1. The van der Waals surface area contributed by atoms with E-state index in [-0.39, 0.29) is 5.91 Å². The average molecular weight is 259 g/mol. The molecule has 100 valence electrons. The monoisotopic (exact) mass is 259 g/mol. The molecule has 1 aromatic heterocycles. The molecule has 0 aliphatic heterocycles. The van der Waals surface area contributed by atoms with E-state index < -0.39 is 0 Å². The number of anilines is 2. The van der Waals surface area contributed by atoms with Crippen molar-refractivity contribution < 1.29 is 9.32 Å². The van der Waals surface area contributed by atoms with Gasteiger partial charge in [-0.25, -0.2) is 0 Å². The number of aromatic nitrogens is 1. The summed E-state index contributed by atoms with van der Waals surface area (Å²) in [5.41, 5.74) is 8.84. The molecule has 0 aliphatic carbocycles. The van der Waals surface area contributed by atoms with Crippen molar-refractivity contribution in [2.75, 3.05) is 11.1 Å². The third kappa shape index (κ3) is 3.34. The highest BCUT2D eigenvalue weighted by molar-refractivity contribution is 5.91. The maximum absolute atomic E-state index is 11.8. The molecule has 3 N–H and O–H groups in total. The molecule has 0 spiro atoms. The molecule has 0 unspecified atom stereocenters. The van der Waals surface area contributed by atoms with Crippen LogP contribution in [-0.4, -0.2) is 11.1 Å². The fraction of sp³-hybridized carbons (Fsp3) is 0.286. The quantitative estimate of drug-likeness (QED) is 0.826. The van der Waals surface area contributed by atoms with E-state index in [2.05, 4.69) is 10.5 Å². The maximum Gasteiger partial charge on any atom is 0.224 e. The molecule has 0 bridgehead atoms. The number of carbonyl (C=O) groups excluding carboxylic acids is 1. The lowest BCUT2D eigenvalue weighted by Gasteiger charge is -2.05. The number of nitrogen functional groups attached to an aromatic ring is 1. The zero-order valence-electron chi connectivity index (χ0n) is 11.1. The molecule has 2 aromatic rings. The molecular weight excluding hydrogens is 242 g/mol.